The van der Waals surface area contributed by atoms with Crippen molar-refractivity contribution in [3.63, 3.8) is 0 Å². The maximum Gasteiger partial charge on any atom is 0.412 e. The van der Waals surface area contributed by atoms with E-state index in [-0.39, 0.29) is 36.3 Å². The second kappa shape index (κ2) is 44.7. The van der Waals surface area contributed by atoms with Gasteiger partial charge in [0.2, 0.25) is 15.8 Å². The number of aliphatic hydroxyl groups is 1. The summed E-state index contributed by atoms with van der Waals surface area (Å²) in [6.45, 7) is 24.8. The van der Waals surface area contributed by atoms with E-state index in [1.807, 2.05) is 176 Å². The van der Waals surface area contributed by atoms with Crippen molar-refractivity contribution < 1.29 is 37.4 Å². The molecule has 0 radical (unpaired) electrons. The number of aryl methyl sites for hydroxylation is 4. The van der Waals surface area contributed by atoms with E-state index in [0.717, 1.165) is 135 Å². The molecule has 0 saturated carbocycles. The second-order valence-electron chi connectivity index (χ2n) is 39.6. The molecule has 8 aliphatic rings. The first-order valence-electron chi connectivity index (χ1n) is 49.3. The summed E-state index contributed by atoms with van der Waals surface area (Å²) in [4.78, 5) is 92.6. The second-order valence-corrected chi connectivity index (χ2v) is 43.4. The number of ether oxygens (including phenoxy) is 2. The molecule has 4 fully saturated rings. The Balaban J connectivity index is 0.000000130. The van der Waals surface area contributed by atoms with E-state index in [9.17, 15) is 27.9 Å². The average molecular weight is 2110 g/mol. The molecule has 21 rings (SSSR count). The van der Waals surface area contributed by atoms with Gasteiger partial charge in [0.15, 0.2) is 5.69 Å². The molecule has 10 N–H and O–H groups in total. The number of rotatable bonds is 15. The number of aromatic nitrogens is 12. The van der Waals surface area contributed by atoms with Crippen molar-refractivity contribution in [1.82, 2.24) is 96.7 Å². The fourth-order valence-corrected chi connectivity index (χ4v) is 22.3. The Labute approximate surface area is 886 Å². The molecular formula is C110H120Cl4N26O8S. The van der Waals surface area contributed by atoms with Crippen molar-refractivity contribution in [2.75, 3.05) is 116 Å². The van der Waals surface area contributed by atoms with E-state index in [1.165, 1.54) is 24.4 Å². The Morgan fingerprint density at radius 3 is 0.940 bits per heavy atom. The highest BCUT2D eigenvalue weighted by Crippen LogP contribution is 2.50. The third-order valence-electron chi connectivity index (χ3n) is 28.2. The molecular weight excluding hydrogens is 1990 g/mol. The largest absolute Gasteiger partial charge is 0.444 e. The Hall–Kier alpha value is -13.5. The minimum Gasteiger partial charge on any atom is -0.444 e. The van der Waals surface area contributed by atoms with E-state index in [1.54, 1.807) is 96.6 Å². The summed E-state index contributed by atoms with van der Waals surface area (Å²) >= 11 is 26.1. The standard InChI is InChI=1S/C31H29ClN8O.C28H33ClN6O2.C27H31ClN6O3.C24H27ClN6O2S/c1-34-22-6-8-23(9-7-22)37-31(41)40-14-12-39(13-15-40)30-24-10-5-21(32)17-25(24)26(16-20-4-3-11-36-29(20)30)28(33)27-18-35-19-38(27)2;1-28(2,3)37-27(36)35-12-10-34(11-13-35)26-20-8-7-19(29)15-21(20)22(14-18-6-5-9-32-25(18)26)24(30)23-16-31-17-33(23)4;1-27(2,36)37-26(35)34-11-9-33(10-12-34)25-19-7-6-18(28)14-20(19)21(13-17-5-4-8-31-24(17)25)23(29)22-15-30-16-32(22)3;1-29-15-27-14-21(29)22(26)20-12-16-4-3-7-28-23(16)24(18-6-5-17(25)13-19(18)20)30-8-10-31(11-9-30)34(2,32)33/h3-11,16-19,28,30H,12-15,33H2,2H3,(H,37,41);5-9,14-17,24,26H,10-13,30H2,1-4H3;4-8,13-16,23,25,36H,9-12,29H2,1-3H3;3-7,12-15,22,24H,8-11,26H2,1-2H3/t28?,30-;24?,26-;23?,25-;22?,24-/m0000/s1. The molecule has 4 aliphatic carbocycles. The summed E-state index contributed by atoms with van der Waals surface area (Å²) in [6.07, 6.45) is 30.3. The first-order valence-corrected chi connectivity index (χ1v) is 52.6. The Morgan fingerprint density at radius 1 is 0.409 bits per heavy atom. The zero-order chi connectivity index (χ0) is 105. The molecule has 149 heavy (non-hydrogen) atoms. The van der Waals surface area contributed by atoms with Gasteiger partial charge in [0.05, 0.1) is 157 Å². The minimum atomic E-state index is -3.22. The smallest absolute Gasteiger partial charge is 0.412 e. The number of sulfonamides is 1. The van der Waals surface area contributed by atoms with Crippen LogP contribution in [-0.4, -0.2) is 251 Å². The highest BCUT2D eigenvalue weighted by atomic mass is 35.5. The normalized spacial score (nSPS) is 18.8. The van der Waals surface area contributed by atoms with Crippen LogP contribution in [0.15, 0.2) is 220 Å². The van der Waals surface area contributed by atoms with Crippen LogP contribution in [0.1, 0.15) is 195 Å². The van der Waals surface area contributed by atoms with Crippen molar-refractivity contribution in [3.05, 3.63) is 364 Å². The quantitative estimate of drug-likeness (QED) is 0.0410. The summed E-state index contributed by atoms with van der Waals surface area (Å²) in [7, 11) is 4.52. The molecule has 4 unspecified atom stereocenters. The van der Waals surface area contributed by atoms with E-state index in [4.69, 9.17) is 105 Å². The van der Waals surface area contributed by atoms with E-state index < -0.39 is 51.7 Å². The van der Waals surface area contributed by atoms with Crippen molar-refractivity contribution in [3.8, 4) is 0 Å². The predicted octanol–water partition coefficient (Wildman–Crippen LogP) is 16.5. The number of carbonyl (C=O) groups excluding carboxylic acids is 3. The van der Waals surface area contributed by atoms with E-state index in [0.29, 0.717) is 136 Å². The summed E-state index contributed by atoms with van der Waals surface area (Å²) in [5.74, 6) is -1.52. The number of hydrogen-bond acceptors (Lipinski definition) is 24. The first-order chi connectivity index (χ1) is 71.4. The average Bonchev–Trinajstić information content (AvgIpc) is 1.63. The maximum absolute atomic E-state index is 13.0. The van der Waals surface area contributed by atoms with Crippen LogP contribution >= 0.6 is 46.4 Å². The molecule has 4 aliphatic heterocycles. The van der Waals surface area contributed by atoms with Gasteiger partial charge in [-0.25, -0.2) is 47.6 Å². The van der Waals surface area contributed by atoms with Gasteiger partial charge in [-0.1, -0.05) is 107 Å². The van der Waals surface area contributed by atoms with Gasteiger partial charge in [0, 0.05) is 197 Å². The molecule has 0 bridgehead atoms. The number of amides is 4. The molecule has 13 aromatic rings. The van der Waals surface area contributed by atoms with Crippen LogP contribution in [0.2, 0.25) is 20.1 Å². The van der Waals surface area contributed by atoms with Crippen LogP contribution < -0.4 is 28.3 Å². The van der Waals surface area contributed by atoms with Gasteiger partial charge in [0.25, 0.3) is 0 Å². The Bertz CT molecular complexity index is 7230. The van der Waals surface area contributed by atoms with Crippen LogP contribution in [0.3, 0.4) is 0 Å². The number of nitrogens with one attached hydrogen (secondary N) is 1. The van der Waals surface area contributed by atoms with Crippen molar-refractivity contribution in [2.24, 2.45) is 51.1 Å². The molecule has 772 valence electrons. The summed E-state index contributed by atoms with van der Waals surface area (Å²) in [5, 5.41) is 15.4. The highest BCUT2D eigenvalue weighted by Gasteiger charge is 2.43. The van der Waals surface area contributed by atoms with E-state index >= 15 is 0 Å². The number of urea groups is 1. The van der Waals surface area contributed by atoms with Gasteiger partial charge >= 0.3 is 18.2 Å². The first kappa shape index (κ1) is 105. The molecule has 5 aromatic carbocycles. The topological polar surface area (TPSA) is 393 Å². The van der Waals surface area contributed by atoms with Crippen molar-refractivity contribution in [2.45, 2.75) is 94.3 Å². The monoisotopic (exact) mass is 2100 g/mol. The van der Waals surface area contributed by atoms with Crippen molar-refractivity contribution >= 4 is 133 Å². The lowest BCUT2D eigenvalue weighted by atomic mass is 9.90. The number of hydrogen-bond donors (Lipinski definition) is 6. The van der Waals surface area contributed by atoms with Gasteiger partial charge in [-0.05, 0) is 219 Å². The van der Waals surface area contributed by atoms with Gasteiger partial charge in [0.1, 0.15) is 5.60 Å². The number of imidazole rings is 4. The Kier molecular flexibility index (Phi) is 31.6. The molecule has 39 heteroatoms. The number of pyridine rings is 4. The van der Waals surface area contributed by atoms with E-state index in [2.05, 4.69) is 104 Å². The molecule has 4 saturated heterocycles. The summed E-state index contributed by atoms with van der Waals surface area (Å²) in [5.41, 5.74) is 51.4. The number of nitrogens with zero attached hydrogens (tertiary/aromatic N) is 21. The third kappa shape index (κ3) is 23.3. The number of fused-ring (bicyclic) bond motifs is 8. The summed E-state index contributed by atoms with van der Waals surface area (Å²) < 4.78 is 44.2. The number of carbonyl (C=O) groups is 3. The fourth-order valence-electron chi connectivity index (χ4n) is 20.8. The molecule has 4 amide bonds. The zero-order valence-corrected chi connectivity index (χ0v) is 88.3. The highest BCUT2D eigenvalue weighted by molar-refractivity contribution is 7.88. The number of piperazine rings is 4. The molecule has 0 spiro atoms. The maximum atomic E-state index is 13.0. The SMILES string of the molecule is Cn1cncc1C(N)C1=Cc2cccnc2[C@@H](N2CCN(C(=O)OC(C)(C)C)CC2)c2ccc(Cl)cc21.Cn1cncc1C(N)C1=Cc2cccnc2[C@@H](N2CCN(C(=O)OC(C)(C)O)CC2)c2ccc(Cl)cc21.Cn1cncc1C(N)C1=Cc2cccnc2[C@@H](N2CCN(S(C)(=O)=O)CC2)c2ccc(Cl)cc21.[C-]#[N+]c1ccc(NC(=O)N2CCN([C@H]3c4ccc(Cl)cc4C(C(N)c4cncn4C)=Cc4cccnc43)CC2)cc1. The predicted molar refractivity (Wildman–Crippen MR) is 580 cm³/mol. The lowest BCUT2D eigenvalue weighted by molar-refractivity contribution is -0.141. The zero-order valence-electron chi connectivity index (χ0n) is 84.5. The number of benzene rings is 5. The van der Waals surface area contributed by atoms with Gasteiger partial charge < -0.3 is 75.8 Å². The lowest BCUT2D eigenvalue weighted by Crippen LogP contribution is -2.51. The van der Waals surface area contributed by atoms with Gasteiger partial charge in [-0.2, -0.15) is 4.31 Å². The molecule has 12 heterocycles. The number of anilines is 1. The number of halogens is 4. The van der Waals surface area contributed by atoms with Gasteiger partial charge in [-0.15, -0.1) is 0 Å². The van der Waals surface area contributed by atoms with Gasteiger partial charge in [-0.3, -0.25) is 39.5 Å². The minimum absolute atomic E-state index is 0.114. The molecule has 8 aromatic heterocycles. The molecule has 8 atom stereocenters. The van der Waals surface area contributed by atoms with Crippen LogP contribution in [0.4, 0.5) is 25.8 Å². The molecule has 34 nitrogen and oxygen atoms in total. The van der Waals surface area contributed by atoms with Crippen LogP contribution in [0, 0.1) is 6.57 Å². The lowest BCUT2D eigenvalue weighted by Gasteiger charge is -2.40. The van der Waals surface area contributed by atoms with Crippen LogP contribution in [0.5, 0.6) is 0 Å². The Morgan fingerprint density at radius 2 is 0.685 bits per heavy atom. The summed E-state index contributed by atoms with van der Waals surface area (Å²) in [6, 6.07) is 44.2. The fraction of sp³-hybridized carbons (Fsp3) is 0.327. The number of nitrogens with two attached hydrogens (primary N) is 4. The van der Waals surface area contributed by atoms with Crippen molar-refractivity contribution in [1.29, 1.82) is 0 Å². The van der Waals surface area contributed by atoms with Crippen LogP contribution in [0.25, 0.3) is 51.4 Å². The third-order valence-corrected chi connectivity index (χ3v) is 30.5. The van der Waals surface area contributed by atoms with Crippen LogP contribution in [-0.2, 0) is 47.7 Å².